The number of nitrogens with zero attached hydrogens (tertiary/aromatic N) is 3. The second kappa shape index (κ2) is 15.3. The Morgan fingerprint density at radius 1 is 1.21 bits per heavy atom. The summed E-state index contributed by atoms with van der Waals surface area (Å²) in [7, 11) is 1.52. The number of nitriles is 1. The number of Topliss-reactive ketones (excluding diaryl/α,β-unsaturated/α-hetero) is 1. The lowest BCUT2D eigenvalue weighted by atomic mass is 9.99. The van der Waals surface area contributed by atoms with E-state index in [1.807, 2.05) is 19.1 Å². The average molecular weight is 607 g/mol. The van der Waals surface area contributed by atoms with Gasteiger partial charge in [0.2, 0.25) is 5.90 Å². The second-order valence-electron chi connectivity index (χ2n) is 11.0. The van der Waals surface area contributed by atoms with Gasteiger partial charge in [-0.2, -0.15) is 10.3 Å². The van der Waals surface area contributed by atoms with Gasteiger partial charge >= 0.3 is 0 Å². The third-order valence-electron chi connectivity index (χ3n) is 7.53. The number of benzene rings is 2. The molecule has 0 spiro atoms. The summed E-state index contributed by atoms with van der Waals surface area (Å²) in [6.45, 7) is 13.6. The van der Waals surface area contributed by atoms with E-state index in [1.165, 1.54) is 7.11 Å². The van der Waals surface area contributed by atoms with Crippen LogP contribution in [0.25, 0.3) is 0 Å². The summed E-state index contributed by atoms with van der Waals surface area (Å²) < 4.78 is 11.8. The smallest absolute Gasteiger partial charge is 0.213 e. The van der Waals surface area contributed by atoms with E-state index in [1.54, 1.807) is 32.0 Å². The fraction of sp³-hybridized carbons (Fsp3) is 0.471. The zero-order chi connectivity index (χ0) is 31.7. The number of carbonyl (C=O) groups excluding carboxylic acids is 1. The molecule has 2 atom stereocenters. The number of ether oxygens (including phenoxy) is 2. The van der Waals surface area contributed by atoms with Crippen LogP contribution < -0.4 is 14.8 Å². The van der Waals surface area contributed by atoms with Crippen molar-refractivity contribution in [3.05, 3.63) is 64.2 Å². The third-order valence-corrected chi connectivity index (χ3v) is 7.84. The summed E-state index contributed by atoms with van der Waals surface area (Å²) >= 11 is 6.75. The number of carbonyl (C=O) groups is 1. The molecular formula is C34H43ClN4O4. The Labute approximate surface area is 260 Å². The normalized spacial score (nSPS) is 15.6. The summed E-state index contributed by atoms with van der Waals surface area (Å²) in [6.07, 6.45) is 5.43. The molecule has 0 amide bonds. The molecule has 2 aromatic carbocycles. The van der Waals surface area contributed by atoms with Gasteiger partial charge in [-0.15, -0.1) is 0 Å². The lowest BCUT2D eigenvalue weighted by Crippen LogP contribution is -2.46. The van der Waals surface area contributed by atoms with Crippen LogP contribution in [0.3, 0.4) is 0 Å². The molecular weight excluding hydrogens is 564 g/mol. The molecule has 9 heteroatoms. The van der Waals surface area contributed by atoms with E-state index >= 15 is 0 Å². The van der Waals surface area contributed by atoms with E-state index in [4.69, 9.17) is 26.1 Å². The molecule has 0 bridgehead atoms. The van der Waals surface area contributed by atoms with Crippen LogP contribution >= 0.6 is 11.6 Å². The fourth-order valence-electron chi connectivity index (χ4n) is 5.12. The Kier molecular flexibility index (Phi) is 12.1. The van der Waals surface area contributed by atoms with Gasteiger partial charge in [-0.05, 0) is 68.9 Å². The SMILES string of the molecule is C=C(CC)C(=Nc1cc(Cl)c(C(C)(O)NC(CCC)CCC)cc1OC)N=C(Oc1cccc2c1C(=O)CC2)C(C)C#N. The van der Waals surface area contributed by atoms with E-state index < -0.39 is 11.6 Å². The molecule has 0 saturated heterocycles. The van der Waals surface area contributed by atoms with Crippen molar-refractivity contribution in [1.29, 1.82) is 5.26 Å². The minimum atomic E-state index is -1.41. The first-order valence-electron chi connectivity index (χ1n) is 14.9. The molecule has 1 aliphatic rings. The zero-order valence-corrected chi connectivity index (χ0v) is 26.8. The van der Waals surface area contributed by atoms with Crippen molar-refractivity contribution in [3.63, 3.8) is 0 Å². The van der Waals surface area contributed by atoms with E-state index in [9.17, 15) is 15.2 Å². The maximum Gasteiger partial charge on any atom is 0.213 e. The largest absolute Gasteiger partial charge is 0.494 e. The minimum Gasteiger partial charge on any atom is -0.494 e. The monoisotopic (exact) mass is 606 g/mol. The predicted octanol–water partition coefficient (Wildman–Crippen LogP) is 7.83. The minimum absolute atomic E-state index is 0.00182. The van der Waals surface area contributed by atoms with Crippen molar-refractivity contribution in [3.8, 4) is 17.6 Å². The van der Waals surface area contributed by atoms with Crippen molar-refractivity contribution >= 4 is 34.8 Å². The number of aliphatic imine (C=N–C) groups is 2. The molecule has 230 valence electrons. The van der Waals surface area contributed by atoms with Gasteiger partial charge in [0.05, 0.1) is 23.8 Å². The van der Waals surface area contributed by atoms with Crippen LogP contribution in [0.2, 0.25) is 5.02 Å². The molecule has 0 saturated carbocycles. The van der Waals surface area contributed by atoms with Crippen LogP contribution in [0.15, 0.2) is 52.5 Å². The van der Waals surface area contributed by atoms with Crippen LogP contribution in [0.5, 0.6) is 11.5 Å². The average Bonchev–Trinajstić information content (AvgIpc) is 3.36. The van der Waals surface area contributed by atoms with Gasteiger partial charge in [-0.3, -0.25) is 10.1 Å². The molecule has 0 aliphatic heterocycles. The van der Waals surface area contributed by atoms with Crippen LogP contribution in [0.4, 0.5) is 5.69 Å². The molecule has 43 heavy (non-hydrogen) atoms. The maximum absolute atomic E-state index is 12.6. The van der Waals surface area contributed by atoms with Crippen molar-refractivity contribution in [2.24, 2.45) is 15.9 Å². The van der Waals surface area contributed by atoms with E-state index in [0.717, 1.165) is 31.2 Å². The van der Waals surface area contributed by atoms with Crippen molar-refractivity contribution < 1.29 is 19.4 Å². The standard InChI is InChI=1S/C34H43ClN4O4/c1-8-12-24(13-9-2)39-34(6,41)25-18-30(42-7)27(19-26(25)35)37-32(21(4)10-3)38-33(22(5)20-36)43-29-15-11-14-23-16-17-28(40)31(23)29/h11,14-15,18-19,22,24,39,41H,4,8-10,12-13,16-17H2,1-3,5-7H3. The van der Waals surface area contributed by atoms with Gasteiger partial charge < -0.3 is 14.6 Å². The van der Waals surface area contributed by atoms with E-state index in [0.29, 0.717) is 58.2 Å². The van der Waals surface area contributed by atoms with Gasteiger partial charge in [0, 0.05) is 18.0 Å². The summed E-state index contributed by atoms with van der Waals surface area (Å²) in [5, 5.41) is 24.9. The Morgan fingerprint density at radius 2 is 1.91 bits per heavy atom. The molecule has 2 N–H and O–H groups in total. The summed E-state index contributed by atoms with van der Waals surface area (Å²) in [5.74, 6) is 0.332. The van der Waals surface area contributed by atoms with Gasteiger partial charge in [0.15, 0.2) is 11.6 Å². The molecule has 0 fully saturated rings. The predicted molar refractivity (Wildman–Crippen MR) is 173 cm³/mol. The number of fused-ring (bicyclic) bond motifs is 1. The number of methoxy groups -OCH3 is 1. The van der Waals surface area contributed by atoms with Gasteiger partial charge in [0.25, 0.3) is 0 Å². The summed E-state index contributed by atoms with van der Waals surface area (Å²) in [6, 6.07) is 11.0. The lowest BCUT2D eigenvalue weighted by Gasteiger charge is -2.32. The molecule has 0 radical (unpaired) electrons. The first kappa shape index (κ1) is 34.0. The highest BCUT2D eigenvalue weighted by molar-refractivity contribution is 6.31. The molecule has 2 aromatic rings. The van der Waals surface area contributed by atoms with Gasteiger partial charge in [-0.1, -0.05) is 63.9 Å². The van der Waals surface area contributed by atoms with Crippen LogP contribution in [0.1, 0.15) is 94.6 Å². The van der Waals surface area contributed by atoms with Crippen LogP contribution in [0, 0.1) is 17.2 Å². The number of ketones is 1. The Morgan fingerprint density at radius 3 is 2.51 bits per heavy atom. The zero-order valence-electron chi connectivity index (χ0n) is 26.1. The highest BCUT2D eigenvalue weighted by atomic mass is 35.5. The van der Waals surface area contributed by atoms with E-state index in [2.05, 4.69) is 36.8 Å². The number of amidine groups is 1. The molecule has 8 nitrogen and oxygen atoms in total. The second-order valence-corrected chi connectivity index (χ2v) is 11.4. The van der Waals surface area contributed by atoms with Crippen molar-refractivity contribution in [1.82, 2.24) is 5.32 Å². The lowest BCUT2D eigenvalue weighted by molar-refractivity contribution is 0.00514. The number of halogens is 1. The Balaban J connectivity index is 2.08. The number of hydrogen-bond acceptors (Lipinski definition) is 7. The molecule has 0 heterocycles. The first-order chi connectivity index (χ1) is 20.5. The highest BCUT2D eigenvalue weighted by Crippen LogP contribution is 2.38. The van der Waals surface area contributed by atoms with Crippen molar-refractivity contribution in [2.75, 3.05) is 7.11 Å². The summed E-state index contributed by atoms with van der Waals surface area (Å²) in [5.41, 5.74) is 1.46. The fourth-order valence-corrected chi connectivity index (χ4v) is 5.46. The topological polar surface area (TPSA) is 116 Å². The number of aryl methyl sites for hydroxylation is 1. The number of aliphatic hydroxyl groups is 1. The number of rotatable bonds is 13. The molecule has 0 aromatic heterocycles. The van der Waals surface area contributed by atoms with Crippen molar-refractivity contribution in [2.45, 2.75) is 91.3 Å². The van der Waals surface area contributed by atoms with Crippen LogP contribution in [-0.2, 0) is 12.1 Å². The van der Waals surface area contributed by atoms with E-state index in [-0.39, 0.29) is 23.6 Å². The summed E-state index contributed by atoms with van der Waals surface area (Å²) in [4.78, 5) is 22.0. The molecule has 2 unspecified atom stereocenters. The Hall–Kier alpha value is -3.51. The third kappa shape index (κ3) is 8.32. The van der Waals surface area contributed by atoms with Crippen LogP contribution in [-0.4, -0.2) is 35.8 Å². The number of nitrogens with one attached hydrogen (secondary N) is 1. The number of hydrogen-bond donors (Lipinski definition) is 2. The highest BCUT2D eigenvalue weighted by Gasteiger charge is 2.30. The van der Waals surface area contributed by atoms with Gasteiger partial charge in [0.1, 0.15) is 28.8 Å². The quantitative estimate of drug-likeness (QED) is 0.136. The first-order valence-corrected chi connectivity index (χ1v) is 15.3. The Bertz CT molecular complexity index is 1430. The molecule has 3 rings (SSSR count). The molecule has 1 aliphatic carbocycles. The van der Waals surface area contributed by atoms with Gasteiger partial charge in [-0.25, -0.2) is 4.99 Å². The maximum atomic E-state index is 12.6.